The molecule has 1 saturated heterocycles. The van der Waals surface area contributed by atoms with E-state index in [1.807, 2.05) is 27.7 Å². The molecule has 1 aliphatic rings. The third-order valence-electron chi connectivity index (χ3n) is 4.76. The lowest BCUT2D eigenvalue weighted by Gasteiger charge is -2.39. The maximum absolute atomic E-state index is 12.6. The van der Waals surface area contributed by atoms with Crippen LogP contribution in [-0.4, -0.2) is 36.2 Å². The van der Waals surface area contributed by atoms with Crippen molar-refractivity contribution in [1.82, 2.24) is 10.6 Å². The Morgan fingerprint density at radius 1 is 1.42 bits per heavy atom. The van der Waals surface area contributed by atoms with E-state index in [-0.39, 0.29) is 23.5 Å². The maximum atomic E-state index is 12.6. The zero-order valence-electron chi connectivity index (χ0n) is 12.9. The summed E-state index contributed by atoms with van der Waals surface area (Å²) in [4.78, 5) is 12.6. The van der Waals surface area contributed by atoms with Crippen LogP contribution >= 0.6 is 0 Å². The number of carbonyl (C=O) groups is 1. The minimum absolute atomic E-state index is 0.107. The van der Waals surface area contributed by atoms with Crippen LogP contribution in [-0.2, 0) is 4.79 Å². The predicted octanol–water partition coefficient (Wildman–Crippen LogP) is 1.68. The van der Waals surface area contributed by atoms with Crippen LogP contribution in [0.2, 0.25) is 0 Å². The van der Waals surface area contributed by atoms with E-state index in [0.29, 0.717) is 12.3 Å². The van der Waals surface area contributed by atoms with Crippen LogP contribution in [0.4, 0.5) is 0 Å². The Labute approximate surface area is 117 Å². The molecule has 0 aromatic carbocycles. The molecule has 0 radical (unpaired) electrons. The first-order chi connectivity index (χ1) is 8.85. The van der Waals surface area contributed by atoms with Gasteiger partial charge in [-0.3, -0.25) is 4.79 Å². The third-order valence-corrected chi connectivity index (χ3v) is 4.76. The second-order valence-electron chi connectivity index (χ2n) is 6.61. The fourth-order valence-electron chi connectivity index (χ4n) is 2.66. The van der Waals surface area contributed by atoms with Gasteiger partial charge in [0, 0.05) is 17.6 Å². The molecule has 0 aromatic heterocycles. The molecule has 4 heteroatoms. The van der Waals surface area contributed by atoms with Crippen molar-refractivity contribution in [2.75, 3.05) is 19.7 Å². The SMILES string of the molecule is CCC(C)(CCO)NC(=O)C(C)(C)C1CCCNC1. The molecular formula is C15H30N2O2. The van der Waals surface area contributed by atoms with Crippen molar-refractivity contribution >= 4 is 5.91 Å². The van der Waals surface area contributed by atoms with Gasteiger partial charge in [-0.15, -0.1) is 0 Å². The predicted molar refractivity (Wildman–Crippen MR) is 77.9 cm³/mol. The highest BCUT2D eigenvalue weighted by atomic mass is 16.3. The Hall–Kier alpha value is -0.610. The Balaban J connectivity index is 2.68. The normalized spacial score (nSPS) is 23.7. The van der Waals surface area contributed by atoms with Crippen molar-refractivity contribution in [3.8, 4) is 0 Å². The zero-order valence-corrected chi connectivity index (χ0v) is 12.9. The number of nitrogens with one attached hydrogen (secondary N) is 2. The van der Waals surface area contributed by atoms with Gasteiger partial charge < -0.3 is 15.7 Å². The monoisotopic (exact) mass is 270 g/mol. The average Bonchev–Trinajstić information content (AvgIpc) is 2.40. The molecule has 0 aliphatic carbocycles. The summed E-state index contributed by atoms with van der Waals surface area (Å²) in [5.74, 6) is 0.496. The highest BCUT2D eigenvalue weighted by molar-refractivity contribution is 5.82. The molecule has 112 valence electrons. The van der Waals surface area contributed by atoms with Crippen molar-refractivity contribution in [3.05, 3.63) is 0 Å². The zero-order chi connectivity index (χ0) is 14.5. The number of hydrogen-bond acceptors (Lipinski definition) is 3. The summed E-state index contributed by atoms with van der Waals surface area (Å²) in [6.07, 6.45) is 3.69. The van der Waals surface area contributed by atoms with E-state index >= 15 is 0 Å². The van der Waals surface area contributed by atoms with Crippen LogP contribution < -0.4 is 10.6 Å². The summed E-state index contributed by atoms with van der Waals surface area (Å²) in [5.41, 5.74) is -0.662. The van der Waals surface area contributed by atoms with Gasteiger partial charge in [-0.2, -0.15) is 0 Å². The van der Waals surface area contributed by atoms with Crippen molar-refractivity contribution in [1.29, 1.82) is 0 Å². The Morgan fingerprint density at radius 3 is 2.58 bits per heavy atom. The van der Waals surface area contributed by atoms with E-state index in [0.717, 1.165) is 32.4 Å². The van der Waals surface area contributed by atoms with Gasteiger partial charge in [-0.05, 0) is 51.6 Å². The van der Waals surface area contributed by atoms with Crippen LogP contribution in [0.15, 0.2) is 0 Å². The van der Waals surface area contributed by atoms with E-state index in [4.69, 9.17) is 5.11 Å². The van der Waals surface area contributed by atoms with E-state index in [1.54, 1.807) is 0 Å². The van der Waals surface area contributed by atoms with Crippen LogP contribution in [0.5, 0.6) is 0 Å². The Kier molecular flexibility index (Phi) is 5.81. The topological polar surface area (TPSA) is 61.4 Å². The fourth-order valence-corrected chi connectivity index (χ4v) is 2.66. The van der Waals surface area contributed by atoms with Gasteiger partial charge in [-0.1, -0.05) is 20.8 Å². The van der Waals surface area contributed by atoms with Gasteiger partial charge in [0.15, 0.2) is 0 Å². The van der Waals surface area contributed by atoms with E-state index in [1.165, 1.54) is 0 Å². The summed E-state index contributed by atoms with van der Waals surface area (Å²) in [6.45, 7) is 10.2. The Morgan fingerprint density at radius 2 is 2.11 bits per heavy atom. The van der Waals surface area contributed by atoms with Crippen molar-refractivity contribution in [2.45, 2.75) is 58.9 Å². The van der Waals surface area contributed by atoms with E-state index < -0.39 is 0 Å². The number of piperidine rings is 1. The van der Waals surface area contributed by atoms with Gasteiger partial charge in [0.2, 0.25) is 5.91 Å². The molecule has 0 bridgehead atoms. The average molecular weight is 270 g/mol. The molecule has 1 rings (SSSR count). The van der Waals surface area contributed by atoms with Gasteiger partial charge in [0.1, 0.15) is 0 Å². The molecule has 4 nitrogen and oxygen atoms in total. The lowest BCUT2D eigenvalue weighted by atomic mass is 9.73. The highest BCUT2D eigenvalue weighted by Gasteiger charge is 2.39. The van der Waals surface area contributed by atoms with Crippen molar-refractivity contribution in [2.24, 2.45) is 11.3 Å². The molecule has 2 atom stereocenters. The van der Waals surface area contributed by atoms with Crippen LogP contribution in [0.3, 0.4) is 0 Å². The summed E-state index contributed by atoms with van der Waals surface area (Å²) in [5, 5.41) is 15.7. The number of hydrogen-bond donors (Lipinski definition) is 3. The molecular weight excluding hydrogens is 240 g/mol. The first kappa shape index (κ1) is 16.4. The molecule has 2 unspecified atom stereocenters. The number of aliphatic hydroxyl groups excluding tert-OH is 1. The Bertz CT molecular complexity index is 299. The molecule has 1 aliphatic heterocycles. The minimum Gasteiger partial charge on any atom is -0.396 e. The second-order valence-corrected chi connectivity index (χ2v) is 6.61. The highest BCUT2D eigenvalue weighted by Crippen LogP contribution is 2.33. The van der Waals surface area contributed by atoms with Crippen molar-refractivity contribution < 1.29 is 9.90 Å². The van der Waals surface area contributed by atoms with Crippen LogP contribution in [0.25, 0.3) is 0 Å². The smallest absolute Gasteiger partial charge is 0.226 e. The molecule has 1 fully saturated rings. The second kappa shape index (κ2) is 6.71. The van der Waals surface area contributed by atoms with Crippen molar-refractivity contribution in [3.63, 3.8) is 0 Å². The largest absolute Gasteiger partial charge is 0.396 e. The number of aliphatic hydroxyl groups is 1. The fraction of sp³-hybridized carbons (Fsp3) is 0.933. The molecule has 0 spiro atoms. The molecule has 1 heterocycles. The first-order valence-electron chi connectivity index (χ1n) is 7.50. The van der Waals surface area contributed by atoms with Gasteiger partial charge in [0.25, 0.3) is 0 Å². The molecule has 0 saturated carbocycles. The first-order valence-corrected chi connectivity index (χ1v) is 7.50. The number of carbonyl (C=O) groups excluding carboxylic acids is 1. The number of rotatable bonds is 6. The van der Waals surface area contributed by atoms with Gasteiger partial charge in [0.05, 0.1) is 0 Å². The summed E-state index contributed by atoms with van der Waals surface area (Å²) in [6, 6.07) is 0. The molecule has 19 heavy (non-hydrogen) atoms. The third kappa shape index (κ3) is 4.18. The van der Waals surface area contributed by atoms with Crippen LogP contribution in [0, 0.1) is 11.3 Å². The molecule has 0 aromatic rings. The standard InChI is InChI=1S/C15H30N2O2/c1-5-15(4,8-10-18)17-13(19)14(2,3)12-7-6-9-16-11-12/h12,16,18H,5-11H2,1-4H3,(H,17,19). The van der Waals surface area contributed by atoms with E-state index in [2.05, 4.69) is 10.6 Å². The maximum Gasteiger partial charge on any atom is 0.226 e. The summed E-state index contributed by atoms with van der Waals surface area (Å²) < 4.78 is 0. The summed E-state index contributed by atoms with van der Waals surface area (Å²) >= 11 is 0. The van der Waals surface area contributed by atoms with E-state index in [9.17, 15) is 4.79 Å². The molecule has 3 N–H and O–H groups in total. The quantitative estimate of drug-likeness (QED) is 0.688. The minimum atomic E-state index is -0.362. The van der Waals surface area contributed by atoms with Gasteiger partial charge in [-0.25, -0.2) is 0 Å². The lowest BCUT2D eigenvalue weighted by Crippen LogP contribution is -2.54. The van der Waals surface area contributed by atoms with Crippen LogP contribution in [0.1, 0.15) is 53.4 Å². The lowest BCUT2D eigenvalue weighted by molar-refractivity contribution is -0.134. The van der Waals surface area contributed by atoms with Gasteiger partial charge >= 0.3 is 0 Å². The number of amides is 1. The summed E-state index contributed by atoms with van der Waals surface area (Å²) in [7, 11) is 0. The molecule has 1 amide bonds.